The Bertz CT molecular complexity index is 319. The molecule has 1 heterocycles. The molecule has 0 saturated carbocycles. The highest BCUT2D eigenvalue weighted by molar-refractivity contribution is 9.10. The number of aromatic nitrogens is 1. The van der Waals surface area contributed by atoms with Gasteiger partial charge in [-0.05, 0) is 34.1 Å². The lowest BCUT2D eigenvalue weighted by Gasteiger charge is -1.92. The maximum atomic E-state index is 10.7. The first-order valence-corrected chi connectivity index (χ1v) is 4.39. The van der Waals surface area contributed by atoms with E-state index in [1.165, 1.54) is 13.2 Å². The third kappa shape index (κ3) is 3.38. The third-order valence-corrected chi connectivity index (χ3v) is 1.81. The van der Waals surface area contributed by atoms with Gasteiger partial charge in [-0.1, -0.05) is 0 Å². The molecule has 0 atom stereocenters. The molecular formula is C9H8BrNO2. The van der Waals surface area contributed by atoms with Crippen molar-refractivity contribution in [2.45, 2.75) is 0 Å². The first-order valence-electron chi connectivity index (χ1n) is 3.60. The Balaban J connectivity index is 2.69. The van der Waals surface area contributed by atoms with E-state index < -0.39 is 0 Å². The molecule has 0 aromatic carbocycles. The van der Waals surface area contributed by atoms with Crippen LogP contribution < -0.4 is 0 Å². The van der Waals surface area contributed by atoms with Crippen molar-refractivity contribution in [1.29, 1.82) is 0 Å². The van der Waals surface area contributed by atoms with E-state index in [2.05, 4.69) is 25.7 Å². The average molecular weight is 242 g/mol. The molecule has 1 aromatic rings. The van der Waals surface area contributed by atoms with Crippen molar-refractivity contribution < 1.29 is 9.53 Å². The number of carbonyl (C=O) groups excluding carboxylic acids is 1. The SMILES string of the molecule is COC(=O)/C=C/c1ccc(Br)cn1. The fraction of sp³-hybridized carbons (Fsp3) is 0.111. The van der Waals surface area contributed by atoms with Gasteiger partial charge in [0, 0.05) is 16.7 Å². The van der Waals surface area contributed by atoms with Crippen molar-refractivity contribution in [3.8, 4) is 0 Å². The van der Waals surface area contributed by atoms with E-state index in [1.54, 1.807) is 18.3 Å². The zero-order valence-electron chi connectivity index (χ0n) is 7.03. The van der Waals surface area contributed by atoms with Crippen molar-refractivity contribution in [3.63, 3.8) is 0 Å². The van der Waals surface area contributed by atoms with E-state index in [0.29, 0.717) is 5.69 Å². The molecule has 1 aromatic heterocycles. The lowest BCUT2D eigenvalue weighted by atomic mass is 10.3. The summed E-state index contributed by atoms with van der Waals surface area (Å²) in [5.41, 5.74) is 0.716. The summed E-state index contributed by atoms with van der Waals surface area (Å²) in [6, 6.07) is 3.65. The van der Waals surface area contributed by atoms with Crippen LogP contribution in [0.25, 0.3) is 6.08 Å². The predicted octanol–water partition coefficient (Wildman–Crippen LogP) is 2.03. The van der Waals surface area contributed by atoms with Crippen LogP contribution in [-0.2, 0) is 9.53 Å². The molecule has 0 aliphatic rings. The van der Waals surface area contributed by atoms with Gasteiger partial charge in [0.15, 0.2) is 0 Å². The van der Waals surface area contributed by atoms with Gasteiger partial charge in [-0.2, -0.15) is 0 Å². The van der Waals surface area contributed by atoms with Gasteiger partial charge in [0.2, 0.25) is 0 Å². The first kappa shape index (κ1) is 9.92. The summed E-state index contributed by atoms with van der Waals surface area (Å²) in [5, 5.41) is 0. The van der Waals surface area contributed by atoms with Gasteiger partial charge in [-0.15, -0.1) is 0 Å². The van der Waals surface area contributed by atoms with Gasteiger partial charge >= 0.3 is 5.97 Å². The van der Waals surface area contributed by atoms with Gasteiger partial charge in [0.25, 0.3) is 0 Å². The van der Waals surface area contributed by atoms with Gasteiger partial charge in [0.05, 0.1) is 12.8 Å². The van der Waals surface area contributed by atoms with Crippen LogP contribution >= 0.6 is 15.9 Å². The normalized spacial score (nSPS) is 10.3. The molecule has 0 aliphatic carbocycles. The topological polar surface area (TPSA) is 39.2 Å². The quantitative estimate of drug-likeness (QED) is 0.588. The minimum atomic E-state index is -0.385. The molecule has 0 fully saturated rings. The monoisotopic (exact) mass is 241 g/mol. The molecule has 0 unspecified atom stereocenters. The van der Waals surface area contributed by atoms with Crippen molar-refractivity contribution >= 4 is 28.0 Å². The smallest absolute Gasteiger partial charge is 0.330 e. The lowest BCUT2D eigenvalue weighted by molar-refractivity contribution is -0.134. The van der Waals surface area contributed by atoms with Gasteiger partial charge < -0.3 is 4.74 Å². The highest BCUT2D eigenvalue weighted by Gasteiger charge is 1.92. The zero-order valence-corrected chi connectivity index (χ0v) is 8.61. The summed E-state index contributed by atoms with van der Waals surface area (Å²) in [6.45, 7) is 0. The molecule has 0 bridgehead atoms. The molecule has 1 rings (SSSR count). The maximum Gasteiger partial charge on any atom is 0.330 e. The molecule has 0 amide bonds. The van der Waals surface area contributed by atoms with Crippen LogP contribution in [0.4, 0.5) is 0 Å². The number of rotatable bonds is 2. The molecule has 0 N–H and O–H groups in total. The average Bonchev–Trinajstić information content (AvgIpc) is 2.16. The van der Waals surface area contributed by atoms with Crippen molar-refractivity contribution in [3.05, 3.63) is 34.6 Å². The standard InChI is InChI=1S/C9H8BrNO2/c1-13-9(12)5-4-8-3-2-7(10)6-11-8/h2-6H,1H3/b5-4+. The third-order valence-electron chi connectivity index (χ3n) is 1.34. The molecule has 0 aliphatic heterocycles. The Morgan fingerprint density at radius 2 is 2.38 bits per heavy atom. The molecular weight excluding hydrogens is 234 g/mol. The van der Waals surface area contributed by atoms with Crippen LogP contribution in [0.1, 0.15) is 5.69 Å². The Morgan fingerprint density at radius 3 is 2.92 bits per heavy atom. The molecule has 3 nitrogen and oxygen atoms in total. The van der Waals surface area contributed by atoms with E-state index >= 15 is 0 Å². The van der Waals surface area contributed by atoms with Crippen LogP contribution in [0.15, 0.2) is 28.9 Å². The Morgan fingerprint density at radius 1 is 1.62 bits per heavy atom. The lowest BCUT2D eigenvalue weighted by Crippen LogP contribution is -1.93. The Kier molecular flexibility index (Phi) is 3.64. The number of pyridine rings is 1. The minimum absolute atomic E-state index is 0.385. The molecule has 13 heavy (non-hydrogen) atoms. The molecule has 0 radical (unpaired) electrons. The van der Waals surface area contributed by atoms with E-state index in [0.717, 1.165) is 4.47 Å². The summed E-state index contributed by atoms with van der Waals surface area (Å²) >= 11 is 3.26. The maximum absolute atomic E-state index is 10.7. The second kappa shape index (κ2) is 4.77. The summed E-state index contributed by atoms with van der Waals surface area (Å²) < 4.78 is 5.34. The number of ether oxygens (including phenoxy) is 1. The largest absolute Gasteiger partial charge is 0.466 e. The van der Waals surface area contributed by atoms with Crippen LogP contribution in [0.2, 0.25) is 0 Å². The Hall–Kier alpha value is -1.16. The minimum Gasteiger partial charge on any atom is -0.466 e. The van der Waals surface area contributed by atoms with E-state index in [4.69, 9.17) is 0 Å². The van der Waals surface area contributed by atoms with Crippen LogP contribution in [-0.4, -0.2) is 18.1 Å². The van der Waals surface area contributed by atoms with Crippen LogP contribution in [0.5, 0.6) is 0 Å². The number of halogens is 1. The summed E-state index contributed by atoms with van der Waals surface area (Å²) in [5.74, 6) is -0.385. The summed E-state index contributed by atoms with van der Waals surface area (Å²) in [6.07, 6.45) is 4.59. The second-order valence-corrected chi connectivity index (χ2v) is 3.17. The van der Waals surface area contributed by atoms with E-state index in [1.807, 2.05) is 6.07 Å². The molecule has 0 spiro atoms. The zero-order chi connectivity index (χ0) is 9.68. The highest BCUT2D eigenvalue weighted by Crippen LogP contribution is 2.08. The Labute approximate surface area is 84.6 Å². The van der Waals surface area contributed by atoms with Gasteiger partial charge in [0.1, 0.15) is 0 Å². The van der Waals surface area contributed by atoms with Gasteiger partial charge in [-0.25, -0.2) is 4.79 Å². The van der Waals surface area contributed by atoms with Crippen molar-refractivity contribution in [2.75, 3.05) is 7.11 Å². The molecule has 0 saturated heterocycles. The van der Waals surface area contributed by atoms with Gasteiger partial charge in [-0.3, -0.25) is 4.98 Å². The number of nitrogens with zero attached hydrogens (tertiary/aromatic N) is 1. The van der Waals surface area contributed by atoms with Crippen molar-refractivity contribution in [1.82, 2.24) is 4.98 Å². The van der Waals surface area contributed by atoms with Crippen molar-refractivity contribution in [2.24, 2.45) is 0 Å². The van der Waals surface area contributed by atoms with E-state index in [9.17, 15) is 4.79 Å². The number of hydrogen-bond donors (Lipinski definition) is 0. The fourth-order valence-corrected chi connectivity index (χ4v) is 0.942. The summed E-state index contributed by atoms with van der Waals surface area (Å²) in [4.78, 5) is 14.7. The number of carbonyl (C=O) groups is 1. The predicted molar refractivity (Wildman–Crippen MR) is 53.0 cm³/mol. The molecule has 4 heteroatoms. The highest BCUT2D eigenvalue weighted by atomic mass is 79.9. The van der Waals surface area contributed by atoms with Crippen LogP contribution in [0, 0.1) is 0 Å². The fourth-order valence-electron chi connectivity index (χ4n) is 0.707. The number of hydrogen-bond acceptors (Lipinski definition) is 3. The first-order chi connectivity index (χ1) is 6.22. The molecule has 68 valence electrons. The summed E-state index contributed by atoms with van der Waals surface area (Å²) in [7, 11) is 1.34. The van der Waals surface area contributed by atoms with Crippen LogP contribution in [0.3, 0.4) is 0 Å². The second-order valence-electron chi connectivity index (χ2n) is 2.26. The number of esters is 1. The van der Waals surface area contributed by atoms with E-state index in [-0.39, 0.29) is 5.97 Å². The number of methoxy groups -OCH3 is 1.